The molecule has 20 heavy (non-hydrogen) atoms. The SMILES string of the molecule is O[C@@H]1CCc2cc(OCc3cccc(Cl)c3F)ccc21. The number of rotatable bonds is 3. The van der Waals surface area contributed by atoms with Crippen LogP contribution < -0.4 is 4.74 Å². The van der Waals surface area contributed by atoms with E-state index < -0.39 is 5.82 Å². The van der Waals surface area contributed by atoms with Crippen LogP contribution in [0.2, 0.25) is 5.02 Å². The van der Waals surface area contributed by atoms with Crippen molar-refractivity contribution in [3.63, 3.8) is 0 Å². The van der Waals surface area contributed by atoms with E-state index in [4.69, 9.17) is 16.3 Å². The number of halogens is 2. The maximum absolute atomic E-state index is 13.7. The highest BCUT2D eigenvalue weighted by Gasteiger charge is 2.20. The van der Waals surface area contributed by atoms with Gasteiger partial charge in [0.2, 0.25) is 0 Å². The van der Waals surface area contributed by atoms with Gasteiger partial charge in [-0.2, -0.15) is 0 Å². The first-order valence-electron chi connectivity index (χ1n) is 6.52. The van der Waals surface area contributed by atoms with E-state index in [1.54, 1.807) is 18.2 Å². The van der Waals surface area contributed by atoms with Gasteiger partial charge < -0.3 is 9.84 Å². The Morgan fingerprint density at radius 1 is 1.30 bits per heavy atom. The molecule has 0 amide bonds. The van der Waals surface area contributed by atoms with Crippen molar-refractivity contribution in [2.75, 3.05) is 0 Å². The summed E-state index contributed by atoms with van der Waals surface area (Å²) in [7, 11) is 0. The number of ether oxygens (including phenoxy) is 1. The summed E-state index contributed by atoms with van der Waals surface area (Å²) >= 11 is 5.73. The van der Waals surface area contributed by atoms with Gasteiger partial charge in [-0.25, -0.2) is 4.39 Å². The van der Waals surface area contributed by atoms with Crippen molar-refractivity contribution in [2.45, 2.75) is 25.6 Å². The Morgan fingerprint density at radius 2 is 2.15 bits per heavy atom. The molecule has 0 aliphatic heterocycles. The average molecular weight is 293 g/mol. The Hall–Kier alpha value is -1.58. The summed E-state index contributed by atoms with van der Waals surface area (Å²) in [6.45, 7) is 0.133. The van der Waals surface area contributed by atoms with Crippen molar-refractivity contribution in [3.8, 4) is 5.75 Å². The number of aryl methyl sites for hydroxylation is 1. The van der Waals surface area contributed by atoms with Crippen LogP contribution in [0.4, 0.5) is 4.39 Å². The average Bonchev–Trinajstić information content (AvgIpc) is 2.82. The molecule has 2 aromatic carbocycles. The number of benzene rings is 2. The van der Waals surface area contributed by atoms with Gasteiger partial charge in [0.05, 0.1) is 11.1 Å². The monoisotopic (exact) mass is 292 g/mol. The summed E-state index contributed by atoms with van der Waals surface area (Å²) in [5, 5.41) is 9.84. The molecule has 0 bridgehead atoms. The molecule has 3 rings (SSSR count). The second kappa shape index (κ2) is 5.43. The standard InChI is InChI=1S/C16H14ClFO2/c17-14-3-1-2-11(16(14)18)9-20-12-5-6-13-10(8-12)4-7-15(13)19/h1-3,5-6,8,15,19H,4,7,9H2/t15-/m1/s1. The van der Waals surface area contributed by atoms with Crippen molar-refractivity contribution in [1.29, 1.82) is 0 Å². The van der Waals surface area contributed by atoms with Gasteiger partial charge in [0.1, 0.15) is 18.2 Å². The lowest BCUT2D eigenvalue weighted by atomic mass is 10.1. The zero-order valence-corrected chi connectivity index (χ0v) is 11.5. The molecule has 1 aliphatic rings. The molecule has 0 saturated heterocycles. The molecule has 2 nitrogen and oxygen atoms in total. The smallest absolute Gasteiger partial charge is 0.148 e. The van der Waals surface area contributed by atoms with Crippen LogP contribution in [0.5, 0.6) is 5.75 Å². The third-order valence-corrected chi connectivity index (χ3v) is 3.88. The van der Waals surface area contributed by atoms with Crippen LogP contribution >= 0.6 is 11.6 Å². The lowest BCUT2D eigenvalue weighted by Crippen LogP contribution is -1.99. The number of hydrogen-bond acceptors (Lipinski definition) is 2. The van der Waals surface area contributed by atoms with Gasteiger partial charge in [-0.1, -0.05) is 29.8 Å². The predicted octanol–water partition coefficient (Wildman–Crippen LogP) is 4.04. The molecule has 1 N–H and O–H groups in total. The minimum atomic E-state index is -0.439. The Balaban J connectivity index is 1.74. The van der Waals surface area contributed by atoms with Crippen molar-refractivity contribution in [2.24, 2.45) is 0 Å². The Bertz CT molecular complexity index is 642. The van der Waals surface area contributed by atoms with Gasteiger partial charge >= 0.3 is 0 Å². The van der Waals surface area contributed by atoms with E-state index in [0.717, 1.165) is 24.0 Å². The van der Waals surface area contributed by atoms with Crippen molar-refractivity contribution < 1.29 is 14.2 Å². The van der Waals surface area contributed by atoms with E-state index >= 15 is 0 Å². The number of hydrogen-bond donors (Lipinski definition) is 1. The van der Waals surface area contributed by atoms with Crippen LogP contribution in [0.25, 0.3) is 0 Å². The van der Waals surface area contributed by atoms with Gasteiger partial charge in [0, 0.05) is 5.56 Å². The Morgan fingerprint density at radius 3 is 3.00 bits per heavy atom. The van der Waals surface area contributed by atoms with E-state index in [0.29, 0.717) is 11.3 Å². The van der Waals surface area contributed by atoms with Crippen molar-refractivity contribution >= 4 is 11.6 Å². The molecule has 1 aliphatic carbocycles. The second-order valence-electron chi connectivity index (χ2n) is 4.92. The summed E-state index contributed by atoms with van der Waals surface area (Å²) < 4.78 is 19.3. The van der Waals surface area contributed by atoms with Crippen LogP contribution in [0.3, 0.4) is 0 Å². The lowest BCUT2D eigenvalue weighted by molar-refractivity contribution is 0.180. The van der Waals surface area contributed by atoms with Gasteiger partial charge in [-0.3, -0.25) is 0 Å². The minimum absolute atomic E-state index is 0.100. The first-order chi connectivity index (χ1) is 9.65. The van der Waals surface area contributed by atoms with E-state index in [1.807, 2.05) is 12.1 Å². The van der Waals surface area contributed by atoms with Crippen LogP contribution in [-0.2, 0) is 13.0 Å². The molecule has 0 saturated carbocycles. The maximum Gasteiger partial charge on any atom is 0.148 e. The quantitative estimate of drug-likeness (QED) is 0.925. The zero-order chi connectivity index (χ0) is 14.1. The van der Waals surface area contributed by atoms with E-state index in [1.165, 1.54) is 6.07 Å². The highest BCUT2D eigenvalue weighted by atomic mass is 35.5. The summed E-state index contributed by atoms with van der Waals surface area (Å²) in [6.07, 6.45) is 1.23. The molecule has 0 fully saturated rings. The van der Waals surface area contributed by atoms with Crippen LogP contribution in [0.15, 0.2) is 36.4 Å². The number of fused-ring (bicyclic) bond motifs is 1. The Labute approximate surface area is 121 Å². The fourth-order valence-corrected chi connectivity index (χ4v) is 2.68. The first-order valence-corrected chi connectivity index (χ1v) is 6.89. The largest absolute Gasteiger partial charge is 0.489 e. The molecule has 0 radical (unpaired) electrons. The third kappa shape index (κ3) is 2.51. The molecule has 0 spiro atoms. The van der Waals surface area contributed by atoms with Gasteiger partial charge in [0.25, 0.3) is 0 Å². The fraction of sp³-hybridized carbons (Fsp3) is 0.250. The second-order valence-corrected chi connectivity index (χ2v) is 5.32. The van der Waals surface area contributed by atoms with Gasteiger partial charge in [0.15, 0.2) is 0 Å². The molecule has 104 valence electrons. The van der Waals surface area contributed by atoms with E-state index in [2.05, 4.69) is 0 Å². The van der Waals surface area contributed by atoms with Crippen LogP contribution in [0.1, 0.15) is 29.2 Å². The Kier molecular flexibility index (Phi) is 3.64. The van der Waals surface area contributed by atoms with E-state index in [-0.39, 0.29) is 17.7 Å². The molecule has 1 atom stereocenters. The topological polar surface area (TPSA) is 29.5 Å². The van der Waals surface area contributed by atoms with Gasteiger partial charge in [-0.15, -0.1) is 0 Å². The highest BCUT2D eigenvalue weighted by molar-refractivity contribution is 6.30. The molecular formula is C16H14ClFO2. The summed E-state index contributed by atoms with van der Waals surface area (Å²) in [6, 6.07) is 10.4. The van der Waals surface area contributed by atoms with E-state index in [9.17, 15) is 9.50 Å². The maximum atomic E-state index is 13.7. The summed E-state index contributed by atoms with van der Waals surface area (Å²) in [5.41, 5.74) is 2.49. The molecule has 0 aromatic heterocycles. The van der Waals surface area contributed by atoms with Gasteiger partial charge in [-0.05, 0) is 42.2 Å². The third-order valence-electron chi connectivity index (χ3n) is 3.59. The summed E-state index contributed by atoms with van der Waals surface area (Å²) in [4.78, 5) is 0. The molecule has 0 heterocycles. The lowest BCUT2D eigenvalue weighted by Gasteiger charge is -2.10. The highest BCUT2D eigenvalue weighted by Crippen LogP contribution is 2.33. The number of aliphatic hydroxyl groups excluding tert-OH is 1. The predicted molar refractivity (Wildman–Crippen MR) is 75.5 cm³/mol. The van der Waals surface area contributed by atoms with Crippen molar-refractivity contribution in [1.82, 2.24) is 0 Å². The molecule has 4 heteroatoms. The first kappa shape index (κ1) is 13.4. The normalized spacial score (nSPS) is 17.1. The van der Waals surface area contributed by atoms with Crippen molar-refractivity contribution in [3.05, 3.63) is 63.9 Å². The minimum Gasteiger partial charge on any atom is -0.489 e. The fourth-order valence-electron chi connectivity index (χ4n) is 2.48. The van der Waals surface area contributed by atoms with Crippen LogP contribution in [0, 0.1) is 5.82 Å². The zero-order valence-electron chi connectivity index (χ0n) is 10.8. The van der Waals surface area contributed by atoms with Crippen LogP contribution in [-0.4, -0.2) is 5.11 Å². The number of aliphatic hydroxyl groups is 1. The molecular weight excluding hydrogens is 279 g/mol. The summed E-state index contributed by atoms with van der Waals surface area (Å²) in [5.74, 6) is 0.239. The molecule has 2 aromatic rings. The molecule has 0 unspecified atom stereocenters.